The van der Waals surface area contributed by atoms with Gasteiger partial charge in [-0.15, -0.1) is 6.58 Å². The zero-order valence-corrected chi connectivity index (χ0v) is 22.8. The van der Waals surface area contributed by atoms with Crippen LogP contribution in [0.3, 0.4) is 0 Å². The lowest BCUT2D eigenvalue weighted by Crippen LogP contribution is -2.52. The van der Waals surface area contributed by atoms with Gasteiger partial charge >= 0.3 is 17.9 Å². The van der Waals surface area contributed by atoms with Crippen LogP contribution in [0.1, 0.15) is 39.2 Å². The fourth-order valence-electron chi connectivity index (χ4n) is 4.68. The largest absolute Gasteiger partial charge is 0.462 e. The number of carbonyl (C=O) groups is 4. The van der Waals surface area contributed by atoms with Crippen LogP contribution in [0.25, 0.3) is 0 Å². The van der Waals surface area contributed by atoms with E-state index in [1.807, 2.05) is 30.3 Å². The molecule has 2 heterocycles. The van der Waals surface area contributed by atoms with Crippen molar-refractivity contribution in [2.45, 2.75) is 89.1 Å². The van der Waals surface area contributed by atoms with Gasteiger partial charge in [-0.2, -0.15) is 0 Å². The summed E-state index contributed by atoms with van der Waals surface area (Å²) in [7, 11) is 0. The molecule has 2 unspecified atom stereocenters. The molecule has 11 nitrogen and oxygen atoms in total. The van der Waals surface area contributed by atoms with Crippen LogP contribution in [0.5, 0.6) is 0 Å². The summed E-state index contributed by atoms with van der Waals surface area (Å²) in [6.07, 6.45) is -3.52. The zero-order valence-electron chi connectivity index (χ0n) is 22.8. The van der Waals surface area contributed by atoms with Crippen molar-refractivity contribution in [2.75, 3.05) is 6.61 Å². The molecule has 1 N–H and O–H groups in total. The topological polar surface area (TPSA) is 144 Å². The molecule has 0 amide bonds. The van der Waals surface area contributed by atoms with Gasteiger partial charge in [-0.3, -0.25) is 19.2 Å². The van der Waals surface area contributed by atoms with Gasteiger partial charge in [0.2, 0.25) is 0 Å². The van der Waals surface area contributed by atoms with Gasteiger partial charge < -0.3 is 33.5 Å². The van der Waals surface area contributed by atoms with Crippen LogP contribution in [0.2, 0.25) is 0 Å². The SMILES string of the molecule is C=CCC1C=CC(=O)[C@@H]([C@@H](OC(C)=O)[C@@H]2O[C@H](CC(COC(C)=O)OC(C)=O)[C@H](OCc3ccccc3)[C@H]2O)O1. The van der Waals surface area contributed by atoms with Crippen molar-refractivity contribution >= 4 is 23.7 Å². The fraction of sp³-hybridized carbons (Fsp3) is 0.517. The maximum atomic E-state index is 12.8. The van der Waals surface area contributed by atoms with E-state index in [9.17, 15) is 24.3 Å². The van der Waals surface area contributed by atoms with E-state index in [4.69, 9.17) is 28.4 Å². The molecule has 11 heteroatoms. The van der Waals surface area contributed by atoms with Crippen molar-refractivity contribution in [3.63, 3.8) is 0 Å². The number of rotatable bonds is 13. The summed E-state index contributed by atoms with van der Waals surface area (Å²) in [4.78, 5) is 48.1. The van der Waals surface area contributed by atoms with Crippen LogP contribution in [0, 0.1) is 0 Å². The van der Waals surface area contributed by atoms with E-state index < -0.39 is 72.5 Å². The Morgan fingerprint density at radius 3 is 2.38 bits per heavy atom. The van der Waals surface area contributed by atoms with Gasteiger partial charge in [0.05, 0.1) is 18.8 Å². The first-order valence-corrected chi connectivity index (χ1v) is 13.0. The van der Waals surface area contributed by atoms with E-state index in [1.165, 1.54) is 26.8 Å². The van der Waals surface area contributed by atoms with Gasteiger partial charge in [0.25, 0.3) is 0 Å². The quantitative estimate of drug-likeness (QED) is 0.215. The number of aliphatic hydroxyl groups excluding tert-OH is 1. The second-order valence-corrected chi connectivity index (χ2v) is 9.62. The van der Waals surface area contributed by atoms with Gasteiger partial charge in [-0.25, -0.2) is 0 Å². The summed E-state index contributed by atoms with van der Waals surface area (Å²) < 4.78 is 34.1. The molecule has 1 saturated heterocycles. The van der Waals surface area contributed by atoms with Crippen molar-refractivity contribution in [3.05, 3.63) is 60.7 Å². The maximum Gasteiger partial charge on any atom is 0.303 e. The third-order valence-corrected chi connectivity index (χ3v) is 6.36. The van der Waals surface area contributed by atoms with Crippen molar-refractivity contribution < 1.29 is 52.7 Å². The van der Waals surface area contributed by atoms with E-state index in [0.717, 1.165) is 5.56 Å². The Kier molecular flexibility index (Phi) is 11.6. The summed E-state index contributed by atoms with van der Waals surface area (Å²) in [6, 6.07) is 9.23. The average molecular weight is 561 g/mol. The van der Waals surface area contributed by atoms with E-state index >= 15 is 0 Å². The van der Waals surface area contributed by atoms with Crippen LogP contribution >= 0.6 is 0 Å². The van der Waals surface area contributed by atoms with Crippen molar-refractivity contribution in [1.82, 2.24) is 0 Å². The number of carbonyl (C=O) groups excluding carboxylic acids is 4. The van der Waals surface area contributed by atoms with Crippen LogP contribution in [0.4, 0.5) is 0 Å². The molecule has 1 aromatic rings. The lowest BCUT2D eigenvalue weighted by atomic mass is 9.94. The van der Waals surface area contributed by atoms with Gasteiger partial charge in [-0.05, 0) is 18.1 Å². The van der Waals surface area contributed by atoms with Crippen LogP contribution in [0.15, 0.2) is 55.1 Å². The third kappa shape index (κ3) is 8.82. The van der Waals surface area contributed by atoms with Crippen LogP contribution in [-0.2, 0) is 54.2 Å². The molecule has 0 spiro atoms. The summed E-state index contributed by atoms with van der Waals surface area (Å²) in [5.41, 5.74) is 0.827. The Labute approximate surface area is 233 Å². The van der Waals surface area contributed by atoms with Gasteiger partial charge in [0, 0.05) is 27.2 Å². The molecule has 1 aromatic carbocycles. The van der Waals surface area contributed by atoms with Crippen LogP contribution in [-0.4, -0.2) is 84.2 Å². The molecule has 3 rings (SSSR count). The number of hydrogen-bond acceptors (Lipinski definition) is 11. The predicted molar refractivity (Wildman–Crippen MR) is 140 cm³/mol. The molecule has 0 radical (unpaired) electrons. The Bertz CT molecular complexity index is 1070. The molecule has 1 fully saturated rings. The minimum absolute atomic E-state index is 0.0227. The standard InChI is InChI=1S/C29H36O11/c1-5-9-21-12-13-23(33)26(39-21)29(38-19(4)32)28-25(34)27(36-15-20-10-7-6-8-11-20)24(40-28)14-22(37-18(3)31)16-35-17(2)30/h5-8,10-13,21-22,24-29,34H,1,9,14-16H2,2-4H3/t21?,22?,24-,25-,26+,27+,28-,29-/m1/s1. The summed E-state index contributed by atoms with van der Waals surface area (Å²) in [5, 5.41) is 11.4. The normalized spacial score (nSPS) is 27.4. The molecule has 2 aliphatic rings. The molecule has 8 atom stereocenters. The Hall–Kier alpha value is -3.38. The predicted octanol–water partition coefficient (Wildman–Crippen LogP) is 1.99. The number of esters is 3. The molecule has 0 aromatic heterocycles. The summed E-state index contributed by atoms with van der Waals surface area (Å²) in [5.74, 6) is -2.33. The molecule has 218 valence electrons. The van der Waals surface area contributed by atoms with E-state index in [1.54, 1.807) is 12.2 Å². The van der Waals surface area contributed by atoms with E-state index in [-0.39, 0.29) is 19.6 Å². The number of aliphatic hydroxyl groups is 1. The third-order valence-electron chi connectivity index (χ3n) is 6.36. The highest BCUT2D eigenvalue weighted by Gasteiger charge is 2.53. The Balaban J connectivity index is 1.89. The van der Waals surface area contributed by atoms with Crippen LogP contribution < -0.4 is 0 Å². The molecular formula is C29H36O11. The van der Waals surface area contributed by atoms with Gasteiger partial charge in [0.1, 0.15) is 31.0 Å². The smallest absolute Gasteiger partial charge is 0.303 e. The molecule has 2 aliphatic heterocycles. The lowest BCUT2D eigenvalue weighted by Gasteiger charge is -2.34. The molecular weight excluding hydrogens is 524 g/mol. The monoisotopic (exact) mass is 560 g/mol. The highest BCUT2D eigenvalue weighted by molar-refractivity contribution is 5.95. The Morgan fingerprint density at radius 2 is 1.75 bits per heavy atom. The molecule has 0 saturated carbocycles. The van der Waals surface area contributed by atoms with Gasteiger partial charge in [0.15, 0.2) is 18.0 Å². The van der Waals surface area contributed by atoms with Crippen molar-refractivity contribution in [2.24, 2.45) is 0 Å². The fourth-order valence-corrected chi connectivity index (χ4v) is 4.68. The number of benzene rings is 1. The van der Waals surface area contributed by atoms with E-state index in [2.05, 4.69) is 6.58 Å². The highest BCUT2D eigenvalue weighted by Crippen LogP contribution is 2.34. The first-order chi connectivity index (χ1) is 19.1. The second-order valence-electron chi connectivity index (χ2n) is 9.62. The average Bonchev–Trinajstić information content (AvgIpc) is 3.20. The van der Waals surface area contributed by atoms with Crippen molar-refractivity contribution in [3.8, 4) is 0 Å². The molecule has 40 heavy (non-hydrogen) atoms. The highest BCUT2D eigenvalue weighted by atomic mass is 16.6. The maximum absolute atomic E-state index is 12.8. The summed E-state index contributed by atoms with van der Waals surface area (Å²) >= 11 is 0. The molecule has 0 bridgehead atoms. The first-order valence-electron chi connectivity index (χ1n) is 13.0. The number of ketones is 1. The number of ether oxygens (including phenoxy) is 6. The molecule has 0 aliphatic carbocycles. The minimum atomic E-state index is -1.37. The Morgan fingerprint density at radius 1 is 1.05 bits per heavy atom. The van der Waals surface area contributed by atoms with Crippen molar-refractivity contribution in [1.29, 1.82) is 0 Å². The zero-order chi connectivity index (χ0) is 29.2. The van der Waals surface area contributed by atoms with E-state index in [0.29, 0.717) is 6.42 Å². The van der Waals surface area contributed by atoms with Gasteiger partial charge in [-0.1, -0.05) is 42.5 Å². The second kappa shape index (κ2) is 14.8. The summed E-state index contributed by atoms with van der Waals surface area (Å²) in [6.45, 7) is 7.17. The number of hydrogen-bond donors (Lipinski definition) is 1. The minimum Gasteiger partial charge on any atom is -0.462 e. The lowest BCUT2D eigenvalue weighted by molar-refractivity contribution is -0.183. The first kappa shape index (κ1) is 31.2.